The topological polar surface area (TPSA) is 53.7 Å². The average Bonchev–Trinajstić information content (AvgIpc) is 3.10. The Balaban J connectivity index is 0.000000145. The monoisotopic (exact) mass is 593 g/mol. The van der Waals surface area contributed by atoms with Crippen LogP contribution in [0.2, 0.25) is 0 Å². The predicted octanol–water partition coefficient (Wildman–Crippen LogP) is 8.55. The lowest BCUT2D eigenvalue weighted by Gasteiger charge is -2.11. The highest BCUT2D eigenvalue weighted by molar-refractivity contribution is 6.16. The molecule has 222 valence electrons. The number of rotatable bonds is 4. The number of aromatic nitrogens is 2. The fraction of sp³-hybridized carbons (Fsp3) is 0.128. The van der Waals surface area contributed by atoms with Crippen LogP contribution in [0, 0.1) is 0 Å². The van der Waals surface area contributed by atoms with Crippen molar-refractivity contribution < 1.29 is 23.5 Å². The van der Waals surface area contributed by atoms with Crippen LogP contribution in [-0.4, -0.2) is 33.4 Å². The van der Waals surface area contributed by atoms with E-state index in [2.05, 4.69) is 89.5 Å². The van der Waals surface area contributed by atoms with Gasteiger partial charge in [-0.3, -0.25) is 4.98 Å². The smallest absolute Gasteiger partial charge is 0.220 e. The van der Waals surface area contributed by atoms with E-state index >= 15 is 0 Å². The summed E-state index contributed by atoms with van der Waals surface area (Å²) in [6.07, 6.45) is 4.04. The molecule has 2 aromatic heterocycles. The first-order valence-electron chi connectivity index (χ1n) is 14.7. The maximum Gasteiger partial charge on any atom is 0.220 e. The number of hydrogen-bond acceptors (Lipinski definition) is 5. The van der Waals surface area contributed by atoms with E-state index in [1.807, 2.05) is 36.5 Å². The summed E-state index contributed by atoms with van der Waals surface area (Å²) in [5.41, 5.74) is 2.24. The standard InChI is InChI=1S/C20H18NO2.C19H15NO2/c1-21-12-14-10-18(22-2)19(23-3)11-17(14)16-9-8-13-6-4-5-7-15(13)20(16)21;1-21-17-9-13-11-20-19-14-6-4-3-5-12(14)7-8-15(19)16(13)10-18(17)22-2/h4-12H,1-3H3;3-11H,1-2H3/q+1;. The maximum atomic E-state index is 5.48. The lowest BCUT2D eigenvalue weighted by Crippen LogP contribution is -2.28. The Labute approximate surface area is 261 Å². The van der Waals surface area contributed by atoms with Gasteiger partial charge >= 0.3 is 0 Å². The molecule has 0 bridgehead atoms. The molecule has 0 amide bonds. The molecule has 0 aliphatic rings. The van der Waals surface area contributed by atoms with Crippen LogP contribution in [0.5, 0.6) is 23.0 Å². The highest BCUT2D eigenvalue weighted by atomic mass is 16.5. The molecule has 8 aromatic rings. The summed E-state index contributed by atoms with van der Waals surface area (Å²) in [6, 6.07) is 33.5. The van der Waals surface area contributed by atoms with Crippen molar-refractivity contribution >= 4 is 64.9 Å². The number of benzene rings is 6. The summed E-state index contributed by atoms with van der Waals surface area (Å²) in [6.45, 7) is 0. The molecular formula is C39H33N2O4+. The van der Waals surface area contributed by atoms with E-state index in [1.165, 1.54) is 32.4 Å². The van der Waals surface area contributed by atoms with E-state index in [4.69, 9.17) is 18.9 Å². The Morgan fingerprint density at radius 2 is 0.978 bits per heavy atom. The van der Waals surface area contributed by atoms with Gasteiger partial charge in [-0.05, 0) is 52.6 Å². The van der Waals surface area contributed by atoms with Gasteiger partial charge < -0.3 is 18.9 Å². The van der Waals surface area contributed by atoms with Gasteiger partial charge in [0.15, 0.2) is 29.2 Å². The molecule has 6 heteroatoms. The molecule has 0 saturated heterocycles. The van der Waals surface area contributed by atoms with Crippen molar-refractivity contribution in [2.24, 2.45) is 7.05 Å². The average molecular weight is 594 g/mol. The van der Waals surface area contributed by atoms with Gasteiger partial charge in [0.1, 0.15) is 7.05 Å². The van der Waals surface area contributed by atoms with E-state index in [9.17, 15) is 0 Å². The lowest BCUT2D eigenvalue weighted by molar-refractivity contribution is -0.642. The van der Waals surface area contributed by atoms with Crippen LogP contribution >= 0.6 is 0 Å². The second-order valence-corrected chi connectivity index (χ2v) is 11.0. The summed E-state index contributed by atoms with van der Waals surface area (Å²) >= 11 is 0. The molecule has 0 aliphatic carbocycles. The largest absolute Gasteiger partial charge is 0.493 e. The maximum absolute atomic E-state index is 5.48. The van der Waals surface area contributed by atoms with Crippen molar-refractivity contribution in [2.75, 3.05) is 28.4 Å². The summed E-state index contributed by atoms with van der Waals surface area (Å²) < 4.78 is 23.9. The van der Waals surface area contributed by atoms with Crippen LogP contribution in [0.1, 0.15) is 0 Å². The second kappa shape index (κ2) is 11.5. The zero-order chi connectivity index (χ0) is 31.1. The Morgan fingerprint density at radius 3 is 1.62 bits per heavy atom. The third kappa shape index (κ3) is 4.75. The third-order valence-corrected chi connectivity index (χ3v) is 8.51. The SMILES string of the molecule is COc1cc2c[n+](C)c3c4ccccc4ccc3c2cc1OC.COc1cc2cnc3c4ccccc4ccc3c2cc1OC. The molecule has 6 nitrogen and oxygen atoms in total. The normalized spacial score (nSPS) is 11.2. The predicted molar refractivity (Wildman–Crippen MR) is 183 cm³/mol. The van der Waals surface area contributed by atoms with Gasteiger partial charge in [0.2, 0.25) is 5.52 Å². The first kappa shape index (κ1) is 28.2. The van der Waals surface area contributed by atoms with E-state index < -0.39 is 0 Å². The van der Waals surface area contributed by atoms with Crippen molar-refractivity contribution in [3.8, 4) is 23.0 Å². The van der Waals surface area contributed by atoms with Crippen molar-refractivity contribution in [1.82, 2.24) is 4.98 Å². The molecule has 45 heavy (non-hydrogen) atoms. The van der Waals surface area contributed by atoms with Crippen LogP contribution in [0.15, 0.2) is 109 Å². The van der Waals surface area contributed by atoms with E-state index in [0.717, 1.165) is 55.4 Å². The number of aryl methyl sites for hydroxylation is 1. The van der Waals surface area contributed by atoms with Gasteiger partial charge in [0.05, 0.1) is 50.1 Å². The van der Waals surface area contributed by atoms with Crippen LogP contribution in [0.25, 0.3) is 64.9 Å². The van der Waals surface area contributed by atoms with Crippen LogP contribution in [-0.2, 0) is 7.05 Å². The molecule has 0 spiro atoms. The quantitative estimate of drug-likeness (QED) is 0.151. The number of nitrogens with zero attached hydrogens (tertiary/aromatic N) is 2. The van der Waals surface area contributed by atoms with Crippen molar-refractivity contribution in [1.29, 1.82) is 0 Å². The van der Waals surface area contributed by atoms with Crippen LogP contribution in [0.3, 0.4) is 0 Å². The van der Waals surface area contributed by atoms with Crippen molar-refractivity contribution in [3.63, 3.8) is 0 Å². The lowest BCUT2D eigenvalue weighted by atomic mass is 10.0. The van der Waals surface area contributed by atoms with Gasteiger partial charge in [0, 0.05) is 27.7 Å². The molecule has 8 rings (SSSR count). The Hall–Kier alpha value is -5.62. The number of hydrogen-bond donors (Lipinski definition) is 0. The second-order valence-electron chi connectivity index (χ2n) is 11.0. The molecule has 6 aromatic carbocycles. The molecule has 0 fully saturated rings. The molecule has 0 aliphatic heterocycles. The Morgan fingerprint density at radius 1 is 0.467 bits per heavy atom. The molecule has 2 heterocycles. The molecular weight excluding hydrogens is 560 g/mol. The fourth-order valence-electron chi connectivity index (χ4n) is 6.34. The summed E-state index contributed by atoms with van der Waals surface area (Å²) in [4.78, 5) is 4.67. The third-order valence-electron chi connectivity index (χ3n) is 8.51. The van der Waals surface area contributed by atoms with Crippen molar-refractivity contribution in [2.45, 2.75) is 0 Å². The first-order valence-corrected chi connectivity index (χ1v) is 14.7. The molecule has 0 atom stereocenters. The molecule has 0 radical (unpaired) electrons. The number of fused-ring (bicyclic) bond motifs is 10. The summed E-state index contributed by atoms with van der Waals surface area (Å²) in [7, 11) is 8.72. The van der Waals surface area contributed by atoms with Gasteiger partial charge in [-0.25, -0.2) is 0 Å². The fourth-order valence-corrected chi connectivity index (χ4v) is 6.34. The van der Waals surface area contributed by atoms with E-state index in [0.29, 0.717) is 0 Å². The molecule has 0 unspecified atom stereocenters. The number of pyridine rings is 2. The first-order chi connectivity index (χ1) is 22.0. The number of methoxy groups -OCH3 is 4. The van der Waals surface area contributed by atoms with Gasteiger partial charge in [-0.1, -0.05) is 60.7 Å². The summed E-state index contributed by atoms with van der Waals surface area (Å²) in [5.74, 6) is 2.95. The van der Waals surface area contributed by atoms with E-state index in [-0.39, 0.29) is 0 Å². The highest BCUT2D eigenvalue weighted by Gasteiger charge is 2.17. The molecule has 0 N–H and O–H groups in total. The van der Waals surface area contributed by atoms with Gasteiger partial charge in [0.25, 0.3) is 0 Å². The Kier molecular flexibility index (Phi) is 7.18. The van der Waals surface area contributed by atoms with Crippen molar-refractivity contribution in [3.05, 3.63) is 109 Å². The van der Waals surface area contributed by atoms with E-state index in [1.54, 1.807) is 28.4 Å². The van der Waals surface area contributed by atoms with Crippen LogP contribution in [0.4, 0.5) is 0 Å². The van der Waals surface area contributed by atoms with Gasteiger partial charge in [-0.15, -0.1) is 0 Å². The highest BCUT2D eigenvalue weighted by Crippen LogP contribution is 2.37. The number of ether oxygens (including phenoxy) is 4. The molecule has 0 saturated carbocycles. The minimum Gasteiger partial charge on any atom is -0.493 e. The van der Waals surface area contributed by atoms with Crippen LogP contribution < -0.4 is 23.5 Å². The zero-order valence-electron chi connectivity index (χ0n) is 25.9. The van der Waals surface area contributed by atoms with Gasteiger partial charge in [-0.2, -0.15) is 4.57 Å². The minimum atomic E-state index is 0.719. The Bertz CT molecular complexity index is 2400. The zero-order valence-corrected chi connectivity index (χ0v) is 25.9. The summed E-state index contributed by atoms with van der Waals surface area (Å²) in [5, 5.41) is 11.7. The minimum absolute atomic E-state index is 0.719.